The molecule has 0 saturated carbocycles. The van der Waals surface area contributed by atoms with E-state index < -0.39 is 12.1 Å². The van der Waals surface area contributed by atoms with Gasteiger partial charge in [0.15, 0.2) is 5.16 Å². The molecule has 0 aliphatic carbocycles. The van der Waals surface area contributed by atoms with Crippen molar-refractivity contribution in [2.45, 2.75) is 25.2 Å². The SMILES string of the molecule is CCSc1nc(C)cc(O[C@H](NC(=O)c2ccccc2)C(=O)c2ccccc2)n1. The molecule has 3 rings (SSSR count). The second-order valence-electron chi connectivity index (χ2n) is 6.13. The van der Waals surface area contributed by atoms with Crippen molar-refractivity contribution in [3.8, 4) is 5.88 Å². The Balaban J connectivity index is 1.88. The number of nitrogens with one attached hydrogen (secondary N) is 1. The van der Waals surface area contributed by atoms with Crippen molar-refractivity contribution in [2.75, 3.05) is 5.75 Å². The molecule has 3 aromatic rings. The third-order valence-electron chi connectivity index (χ3n) is 3.92. The van der Waals surface area contributed by atoms with Crippen LogP contribution in [0, 0.1) is 6.92 Å². The molecule has 0 spiro atoms. The highest BCUT2D eigenvalue weighted by molar-refractivity contribution is 7.99. The van der Waals surface area contributed by atoms with E-state index in [1.165, 1.54) is 11.8 Å². The number of rotatable bonds is 8. The first-order valence-corrected chi connectivity index (χ1v) is 10.2. The number of amides is 1. The zero-order chi connectivity index (χ0) is 20.6. The molecular formula is C22H21N3O3S. The van der Waals surface area contributed by atoms with Gasteiger partial charge in [0.1, 0.15) is 0 Å². The summed E-state index contributed by atoms with van der Waals surface area (Å²) in [6.45, 7) is 3.82. The molecule has 1 atom stereocenters. The summed E-state index contributed by atoms with van der Waals surface area (Å²) in [6, 6.07) is 19.0. The molecule has 0 fully saturated rings. The van der Waals surface area contributed by atoms with Gasteiger partial charge in [0, 0.05) is 22.9 Å². The van der Waals surface area contributed by atoms with Crippen molar-refractivity contribution in [3.05, 3.63) is 83.6 Å². The standard InChI is InChI=1S/C22H21N3O3S/c1-3-29-22-23-15(2)14-18(24-22)28-21(19(26)16-10-6-4-7-11-16)25-20(27)17-12-8-5-9-13-17/h4-14,21H,3H2,1-2H3,(H,25,27)/t21-/m0/s1. The third kappa shape index (κ3) is 5.65. The van der Waals surface area contributed by atoms with Gasteiger partial charge in [-0.3, -0.25) is 9.59 Å². The Kier molecular flexibility index (Phi) is 6.97. The van der Waals surface area contributed by atoms with Crippen LogP contribution in [-0.2, 0) is 0 Å². The molecule has 1 N–H and O–H groups in total. The van der Waals surface area contributed by atoms with Crippen LogP contribution < -0.4 is 10.1 Å². The fourth-order valence-electron chi connectivity index (χ4n) is 2.58. The zero-order valence-electron chi connectivity index (χ0n) is 16.2. The number of nitrogens with zero attached hydrogens (tertiary/aromatic N) is 2. The fourth-order valence-corrected chi connectivity index (χ4v) is 3.20. The number of Topliss-reactive ketones (excluding diaryl/α,β-unsaturated/α-hetero) is 1. The van der Waals surface area contributed by atoms with Crippen LogP contribution >= 0.6 is 11.8 Å². The summed E-state index contributed by atoms with van der Waals surface area (Å²) in [5, 5.41) is 3.23. The third-order valence-corrected chi connectivity index (χ3v) is 4.65. The number of aromatic nitrogens is 2. The van der Waals surface area contributed by atoms with E-state index in [2.05, 4.69) is 15.3 Å². The molecule has 0 aliphatic rings. The van der Waals surface area contributed by atoms with Gasteiger partial charge < -0.3 is 10.1 Å². The Bertz CT molecular complexity index is 981. The van der Waals surface area contributed by atoms with Crippen LogP contribution in [0.25, 0.3) is 0 Å². The van der Waals surface area contributed by atoms with Crippen LogP contribution in [0.4, 0.5) is 0 Å². The van der Waals surface area contributed by atoms with E-state index in [0.717, 1.165) is 5.75 Å². The molecule has 148 valence electrons. The normalized spacial score (nSPS) is 11.5. The van der Waals surface area contributed by atoms with Crippen LogP contribution in [0.1, 0.15) is 33.3 Å². The number of thioether (sulfide) groups is 1. The van der Waals surface area contributed by atoms with Gasteiger partial charge in [0.25, 0.3) is 5.91 Å². The fraction of sp³-hybridized carbons (Fsp3) is 0.182. The number of hydrogen-bond donors (Lipinski definition) is 1. The lowest BCUT2D eigenvalue weighted by Crippen LogP contribution is -2.45. The van der Waals surface area contributed by atoms with E-state index in [9.17, 15) is 9.59 Å². The van der Waals surface area contributed by atoms with E-state index in [1.54, 1.807) is 54.6 Å². The molecular weight excluding hydrogens is 386 g/mol. The van der Waals surface area contributed by atoms with E-state index in [4.69, 9.17) is 4.74 Å². The van der Waals surface area contributed by atoms with Crippen LogP contribution in [0.3, 0.4) is 0 Å². The van der Waals surface area contributed by atoms with Crippen LogP contribution in [0.5, 0.6) is 5.88 Å². The summed E-state index contributed by atoms with van der Waals surface area (Å²) in [6.07, 6.45) is -1.22. The first-order valence-electron chi connectivity index (χ1n) is 9.17. The van der Waals surface area contributed by atoms with Gasteiger partial charge in [-0.15, -0.1) is 0 Å². The Labute approximate surface area is 173 Å². The Morgan fingerprint density at radius 2 is 1.62 bits per heavy atom. The second kappa shape index (κ2) is 9.84. The van der Waals surface area contributed by atoms with Gasteiger partial charge in [0.05, 0.1) is 0 Å². The average molecular weight is 407 g/mol. The number of benzene rings is 2. The molecule has 1 heterocycles. The topological polar surface area (TPSA) is 81.2 Å². The predicted octanol–water partition coefficient (Wildman–Crippen LogP) is 3.91. The van der Waals surface area contributed by atoms with Crippen LogP contribution in [-0.4, -0.2) is 33.6 Å². The molecule has 0 bridgehead atoms. The minimum absolute atomic E-state index is 0.232. The minimum atomic E-state index is -1.22. The molecule has 29 heavy (non-hydrogen) atoms. The lowest BCUT2D eigenvalue weighted by molar-refractivity contribution is 0.0648. The highest BCUT2D eigenvalue weighted by atomic mass is 32.2. The van der Waals surface area contributed by atoms with E-state index in [-0.39, 0.29) is 11.7 Å². The lowest BCUT2D eigenvalue weighted by atomic mass is 10.1. The van der Waals surface area contributed by atoms with Gasteiger partial charge in [0.2, 0.25) is 17.9 Å². The second-order valence-corrected chi connectivity index (χ2v) is 7.36. The molecule has 0 radical (unpaired) electrons. The summed E-state index contributed by atoms with van der Waals surface area (Å²) in [5.74, 6) is 0.265. The van der Waals surface area contributed by atoms with Gasteiger partial charge in [-0.05, 0) is 24.8 Å². The number of ether oxygens (including phenoxy) is 1. The summed E-state index contributed by atoms with van der Waals surface area (Å²) < 4.78 is 5.84. The lowest BCUT2D eigenvalue weighted by Gasteiger charge is -2.19. The monoisotopic (exact) mass is 407 g/mol. The maximum Gasteiger partial charge on any atom is 0.254 e. The van der Waals surface area contributed by atoms with Gasteiger partial charge >= 0.3 is 0 Å². The smallest absolute Gasteiger partial charge is 0.254 e. The van der Waals surface area contributed by atoms with Crippen molar-refractivity contribution in [3.63, 3.8) is 0 Å². The zero-order valence-corrected chi connectivity index (χ0v) is 17.0. The number of ketones is 1. The molecule has 6 nitrogen and oxygen atoms in total. The highest BCUT2D eigenvalue weighted by Gasteiger charge is 2.25. The predicted molar refractivity (Wildman–Crippen MR) is 112 cm³/mol. The molecule has 0 unspecified atom stereocenters. The maximum absolute atomic E-state index is 13.0. The van der Waals surface area contributed by atoms with E-state index in [1.807, 2.05) is 26.0 Å². The van der Waals surface area contributed by atoms with Crippen molar-refractivity contribution in [2.24, 2.45) is 0 Å². The Morgan fingerprint density at radius 1 is 1.00 bits per heavy atom. The van der Waals surface area contributed by atoms with E-state index in [0.29, 0.717) is 22.0 Å². The Morgan fingerprint density at radius 3 is 2.24 bits per heavy atom. The first kappa shape index (κ1) is 20.5. The number of hydrogen-bond acceptors (Lipinski definition) is 6. The summed E-state index contributed by atoms with van der Waals surface area (Å²) >= 11 is 1.47. The quantitative estimate of drug-likeness (QED) is 0.264. The number of aryl methyl sites for hydroxylation is 1. The highest BCUT2D eigenvalue weighted by Crippen LogP contribution is 2.19. The summed E-state index contributed by atoms with van der Waals surface area (Å²) in [5.41, 5.74) is 1.58. The van der Waals surface area contributed by atoms with Crippen molar-refractivity contribution in [1.29, 1.82) is 0 Å². The number of carbonyl (C=O) groups excluding carboxylic acids is 2. The average Bonchev–Trinajstić information content (AvgIpc) is 2.74. The molecule has 0 saturated heterocycles. The van der Waals surface area contributed by atoms with Gasteiger partial charge in [-0.25, -0.2) is 4.98 Å². The molecule has 1 aromatic heterocycles. The molecule has 0 aliphatic heterocycles. The van der Waals surface area contributed by atoms with E-state index >= 15 is 0 Å². The van der Waals surface area contributed by atoms with Gasteiger partial charge in [-0.2, -0.15) is 4.98 Å². The van der Waals surface area contributed by atoms with Crippen molar-refractivity contribution in [1.82, 2.24) is 15.3 Å². The Hall–Kier alpha value is -3.19. The van der Waals surface area contributed by atoms with Crippen molar-refractivity contribution < 1.29 is 14.3 Å². The molecule has 7 heteroatoms. The molecule has 1 amide bonds. The van der Waals surface area contributed by atoms with Crippen LogP contribution in [0.2, 0.25) is 0 Å². The van der Waals surface area contributed by atoms with Crippen molar-refractivity contribution >= 4 is 23.5 Å². The maximum atomic E-state index is 13.0. The summed E-state index contributed by atoms with van der Waals surface area (Å²) in [7, 11) is 0. The first-order chi connectivity index (χ1) is 14.1. The minimum Gasteiger partial charge on any atom is -0.446 e. The van der Waals surface area contributed by atoms with Crippen LogP contribution in [0.15, 0.2) is 71.9 Å². The molecule has 2 aromatic carbocycles. The summed E-state index contributed by atoms with van der Waals surface area (Å²) in [4.78, 5) is 34.3. The number of carbonyl (C=O) groups is 2. The van der Waals surface area contributed by atoms with Gasteiger partial charge in [-0.1, -0.05) is 67.2 Å². The largest absolute Gasteiger partial charge is 0.446 e.